The van der Waals surface area contributed by atoms with Crippen LogP contribution in [0.1, 0.15) is 6.42 Å². The number of hydrogen-bond acceptors (Lipinski definition) is 3. The summed E-state index contributed by atoms with van der Waals surface area (Å²) >= 11 is 3.21. The van der Waals surface area contributed by atoms with Crippen molar-refractivity contribution in [1.29, 1.82) is 0 Å². The Labute approximate surface area is 103 Å². The molecule has 0 saturated heterocycles. The molecule has 0 spiro atoms. The van der Waals surface area contributed by atoms with Gasteiger partial charge in [-0.15, -0.1) is 0 Å². The summed E-state index contributed by atoms with van der Waals surface area (Å²) < 4.78 is 40.4. The van der Waals surface area contributed by atoms with Gasteiger partial charge in [-0.3, -0.25) is 0 Å². The molecule has 1 aromatic rings. The molecule has 0 aliphatic heterocycles. The molecule has 0 amide bonds. The van der Waals surface area contributed by atoms with E-state index in [-0.39, 0.29) is 18.2 Å². The normalized spacial score (nSPS) is 11.4. The lowest BCUT2D eigenvalue weighted by Gasteiger charge is -2.07. The van der Waals surface area contributed by atoms with Gasteiger partial charge < -0.3 is 4.74 Å². The van der Waals surface area contributed by atoms with Gasteiger partial charge in [-0.25, -0.2) is 12.8 Å². The second kappa shape index (κ2) is 5.63. The molecule has 0 atom stereocenters. The fourth-order valence-electron chi connectivity index (χ4n) is 1.09. The van der Waals surface area contributed by atoms with Crippen LogP contribution in [0.5, 0.6) is 5.75 Å². The van der Waals surface area contributed by atoms with E-state index in [0.717, 1.165) is 0 Å². The van der Waals surface area contributed by atoms with Crippen molar-refractivity contribution in [2.75, 3.05) is 18.6 Å². The Morgan fingerprint density at radius 1 is 1.44 bits per heavy atom. The van der Waals surface area contributed by atoms with Gasteiger partial charge >= 0.3 is 0 Å². The third-order valence-electron chi connectivity index (χ3n) is 1.81. The monoisotopic (exact) mass is 310 g/mol. The van der Waals surface area contributed by atoms with Crippen molar-refractivity contribution >= 4 is 25.8 Å². The molecule has 90 valence electrons. The van der Waals surface area contributed by atoms with Crippen LogP contribution in [-0.2, 0) is 9.84 Å². The highest BCUT2D eigenvalue weighted by Gasteiger charge is 2.05. The molecule has 3 nitrogen and oxygen atoms in total. The van der Waals surface area contributed by atoms with E-state index in [1.54, 1.807) is 6.07 Å². The Balaban J connectivity index is 2.46. The van der Waals surface area contributed by atoms with Crippen LogP contribution < -0.4 is 4.74 Å². The van der Waals surface area contributed by atoms with Gasteiger partial charge in [0.25, 0.3) is 0 Å². The lowest BCUT2D eigenvalue weighted by Crippen LogP contribution is -2.08. The van der Waals surface area contributed by atoms with Crippen LogP contribution in [0.2, 0.25) is 0 Å². The van der Waals surface area contributed by atoms with Crippen molar-refractivity contribution in [1.82, 2.24) is 0 Å². The van der Waals surface area contributed by atoms with Crippen molar-refractivity contribution in [3.8, 4) is 5.75 Å². The molecule has 16 heavy (non-hydrogen) atoms. The summed E-state index contributed by atoms with van der Waals surface area (Å²) in [6, 6.07) is 4.11. The molecule has 0 aromatic heterocycles. The Bertz CT molecular complexity index is 459. The van der Waals surface area contributed by atoms with E-state index >= 15 is 0 Å². The highest BCUT2D eigenvalue weighted by molar-refractivity contribution is 9.10. The van der Waals surface area contributed by atoms with Gasteiger partial charge in [0, 0.05) is 12.3 Å². The predicted molar refractivity (Wildman–Crippen MR) is 63.9 cm³/mol. The van der Waals surface area contributed by atoms with Crippen LogP contribution in [-0.4, -0.2) is 27.0 Å². The first kappa shape index (κ1) is 13.4. The number of halogens is 2. The largest absolute Gasteiger partial charge is 0.492 e. The fraction of sp³-hybridized carbons (Fsp3) is 0.400. The van der Waals surface area contributed by atoms with E-state index in [1.807, 2.05) is 0 Å². The fourth-order valence-corrected chi connectivity index (χ4v) is 2.09. The van der Waals surface area contributed by atoms with E-state index in [1.165, 1.54) is 18.4 Å². The predicted octanol–water partition coefficient (Wildman–Crippen LogP) is 2.40. The smallest absolute Gasteiger partial charge is 0.147 e. The van der Waals surface area contributed by atoms with Gasteiger partial charge in [-0.2, -0.15) is 0 Å². The highest BCUT2D eigenvalue weighted by atomic mass is 79.9. The minimum atomic E-state index is -2.96. The van der Waals surface area contributed by atoms with Crippen molar-refractivity contribution in [3.05, 3.63) is 28.5 Å². The Kier molecular flexibility index (Phi) is 4.73. The average Bonchev–Trinajstić information content (AvgIpc) is 2.16. The summed E-state index contributed by atoms with van der Waals surface area (Å²) in [7, 11) is -2.96. The topological polar surface area (TPSA) is 43.4 Å². The zero-order chi connectivity index (χ0) is 12.2. The van der Waals surface area contributed by atoms with E-state index in [4.69, 9.17) is 4.74 Å². The molecule has 0 fully saturated rings. The number of ether oxygens (including phenoxy) is 1. The molecule has 0 aliphatic rings. The van der Waals surface area contributed by atoms with Crippen LogP contribution in [0.25, 0.3) is 0 Å². The summed E-state index contributed by atoms with van der Waals surface area (Å²) in [4.78, 5) is 0. The van der Waals surface area contributed by atoms with E-state index in [0.29, 0.717) is 16.6 Å². The van der Waals surface area contributed by atoms with Gasteiger partial charge in [-0.05, 0) is 34.5 Å². The summed E-state index contributed by atoms with van der Waals surface area (Å²) in [6.07, 6.45) is 1.56. The lowest BCUT2D eigenvalue weighted by atomic mass is 10.3. The number of benzene rings is 1. The molecule has 0 saturated carbocycles. The zero-order valence-electron chi connectivity index (χ0n) is 8.74. The standard InChI is InChI=1S/C10H12BrFO3S/c1-16(13,14)6-2-5-15-10-7-8(12)3-4-9(10)11/h3-4,7H,2,5-6H2,1H3. The first-order valence-electron chi connectivity index (χ1n) is 4.64. The average molecular weight is 311 g/mol. The van der Waals surface area contributed by atoms with Crippen molar-refractivity contribution in [2.24, 2.45) is 0 Å². The number of sulfone groups is 1. The molecule has 0 aliphatic carbocycles. The molecule has 0 heterocycles. The van der Waals surface area contributed by atoms with Gasteiger partial charge in [0.1, 0.15) is 21.4 Å². The van der Waals surface area contributed by atoms with Gasteiger partial charge in [0.15, 0.2) is 0 Å². The third kappa shape index (κ3) is 4.94. The van der Waals surface area contributed by atoms with Gasteiger partial charge in [0.05, 0.1) is 16.8 Å². The first-order chi connectivity index (χ1) is 7.38. The maximum Gasteiger partial charge on any atom is 0.147 e. The highest BCUT2D eigenvalue weighted by Crippen LogP contribution is 2.25. The SMILES string of the molecule is CS(=O)(=O)CCCOc1cc(F)ccc1Br. The first-order valence-corrected chi connectivity index (χ1v) is 7.49. The molecule has 0 radical (unpaired) electrons. The Morgan fingerprint density at radius 3 is 2.75 bits per heavy atom. The minimum Gasteiger partial charge on any atom is -0.492 e. The molecule has 0 N–H and O–H groups in total. The molecular formula is C10H12BrFO3S. The minimum absolute atomic E-state index is 0.0694. The zero-order valence-corrected chi connectivity index (χ0v) is 11.1. The van der Waals surface area contributed by atoms with E-state index in [9.17, 15) is 12.8 Å². The molecule has 1 rings (SSSR count). The second-order valence-corrected chi connectivity index (χ2v) is 6.52. The molecule has 1 aromatic carbocycles. The van der Waals surface area contributed by atoms with E-state index < -0.39 is 9.84 Å². The maximum atomic E-state index is 12.8. The Morgan fingerprint density at radius 2 is 2.12 bits per heavy atom. The van der Waals surface area contributed by atoms with Crippen LogP contribution in [0.3, 0.4) is 0 Å². The van der Waals surface area contributed by atoms with Gasteiger partial charge in [-0.1, -0.05) is 0 Å². The molecular weight excluding hydrogens is 299 g/mol. The van der Waals surface area contributed by atoms with Crippen LogP contribution in [0.15, 0.2) is 22.7 Å². The van der Waals surface area contributed by atoms with Gasteiger partial charge in [0.2, 0.25) is 0 Å². The van der Waals surface area contributed by atoms with Crippen LogP contribution in [0, 0.1) is 5.82 Å². The third-order valence-corrected chi connectivity index (χ3v) is 3.50. The number of rotatable bonds is 5. The van der Waals surface area contributed by atoms with E-state index in [2.05, 4.69) is 15.9 Å². The quantitative estimate of drug-likeness (QED) is 0.784. The summed E-state index contributed by atoms with van der Waals surface area (Å²) in [5.74, 6) is 0.0646. The molecule has 6 heteroatoms. The Hall–Kier alpha value is -0.620. The maximum absolute atomic E-state index is 12.8. The summed E-state index contributed by atoms with van der Waals surface area (Å²) in [5, 5.41) is 0. The molecule has 0 bridgehead atoms. The summed E-state index contributed by atoms with van der Waals surface area (Å²) in [6.45, 7) is 0.245. The van der Waals surface area contributed by atoms with Crippen molar-refractivity contribution in [3.63, 3.8) is 0 Å². The molecule has 0 unspecified atom stereocenters. The van der Waals surface area contributed by atoms with Crippen LogP contribution >= 0.6 is 15.9 Å². The van der Waals surface area contributed by atoms with Crippen LogP contribution in [0.4, 0.5) is 4.39 Å². The van der Waals surface area contributed by atoms with Crippen molar-refractivity contribution < 1.29 is 17.5 Å². The summed E-state index contributed by atoms with van der Waals surface area (Å²) in [5.41, 5.74) is 0. The lowest BCUT2D eigenvalue weighted by molar-refractivity contribution is 0.314. The van der Waals surface area contributed by atoms with Crippen molar-refractivity contribution in [2.45, 2.75) is 6.42 Å². The number of hydrogen-bond donors (Lipinski definition) is 0. The second-order valence-electron chi connectivity index (χ2n) is 3.41.